The molecule has 1 amide bonds. The first kappa shape index (κ1) is 16.0. The van der Waals surface area contributed by atoms with E-state index in [2.05, 4.69) is 10.3 Å². The second-order valence-corrected chi connectivity index (χ2v) is 4.58. The maximum Gasteiger partial charge on any atom is 0.273 e. The van der Waals surface area contributed by atoms with E-state index in [1.807, 2.05) is 31.2 Å². The molecule has 0 radical (unpaired) electrons. The van der Waals surface area contributed by atoms with Crippen LogP contribution in [-0.4, -0.2) is 29.2 Å². The molecule has 1 aromatic carbocycles. The van der Waals surface area contributed by atoms with Crippen molar-refractivity contribution >= 4 is 5.91 Å². The molecule has 7 nitrogen and oxygen atoms in total. The third-order valence-corrected chi connectivity index (χ3v) is 2.98. The van der Waals surface area contributed by atoms with Crippen molar-refractivity contribution < 1.29 is 19.1 Å². The molecule has 0 bridgehead atoms. The monoisotopic (exact) mass is 305 g/mol. The molecule has 0 aliphatic carbocycles. The Morgan fingerprint density at radius 3 is 3.00 bits per heavy atom. The summed E-state index contributed by atoms with van der Waals surface area (Å²) in [5.74, 6) is 0.474. The Kier molecular flexibility index (Phi) is 5.51. The summed E-state index contributed by atoms with van der Waals surface area (Å²) in [6, 6.07) is 6.73. The Bertz CT molecular complexity index is 627. The number of nitrogens with zero attached hydrogens (tertiary/aromatic N) is 1. The SMILES string of the molecule is CCOc1ccccc1CNC(=O)c1coc(C(N)CO)n1. The molecule has 0 spiro atoms. The molecule has 2 aromatic rings. The fourth-order valence-corrected chi connectivity index (χ4v) is 1.85. The van der Waals surface area contributed by atoms with E-state index >= 15 is 0 Å². The Morgan fingerprint density at radius 1 is 1.50 bits per heavy atom. The summed E-state index contributed by atoms with van der Waals surface area (Å²) in [6.07, 6.45) is 1.22. The van der Waals surface area contributed by atoms with Crippen LogP contribution in [0, 0.1) is 0 Å². The van der Waals surface area contributed by atoms with Gasteiger partial charge in [0.1, 0.15) is 18.1 Å². The number of carbonyl (C=O) groups excluding carboxylic acids is 1. The number of benzene rings is 1. The number of carbonyl (C=O) groups is 1. The van der Waals surface area contributed by atoms with Crippen molar-refractivity contribution in [3.05, 3.63) is 47.7 Å². The largest absolute Gasteiger partial charge is 0.494 e. The molecule has 0 saturated carbocycles. The summed E-state index contributed by atoms with van der Waals surface area (Å²) >= 11 is 0. The second kappa shape index (κ2) is 7.58. The van der Waals surface area contributed by atoms with E-state index in [-0.39, 0.29) is 24.1 Å². The molecule has 0 fully saturated rings. The highest BCUT2D eigenvalue weighted by atomic mass is 16.5. The van der Waals surface area contributed by atoms with Crippen LogP contribution in [-0.2, 0) is 6.54 Å². The Labute approximate surface area is 128 Å². The van der Waals surface area contributed by atoms with Crippen molar-refractivity contribution in [1.29, 1.82) is 0 Å². The van der Waals surface area contributed by atoms with E-state index in [0.717, 1.165) is 11.3 Å². The smallest absolute Gasteiger partial charge is 0.273 e. The highest BCUT2D eigenvalue weighted by Crippen LogP contribution is 2.17. The van der Waals surface area contributed by atoms with E-state index in [0.29, 0.717) is 13.2 Å². The molecule has 22 heavy (non-hydrogen) atoms. The van der Waals surface area contributed by atoms with E-state index in [9.17, 15) is 4.79 Å². The lowest BCUT2D eigenvalue weighted by molar-refractivity contribution is 0.0945. The van der Waals surface area contributed by atoms with Gasteiger partial charge in [0.05, 0.1) is 13.2 Å². The van der Waals surface area contributed by atoms with E-state index in [1.54, 1.807) is 0 Å². The average Bonchev–Trinajstić information content (AvgIpc) is 3.03. The number of aliphatic hydroxyl groups excluding tert-OH is 1. The number of oxazole rings is 1. The van der Waals surface area contributed by atoms with Crippen LogP contribution < -0.4 is 15.8 Å². The number of nitrogens with one attached hydrogen (secondary N) is 1. The molecule has 1 heterocycles. The van der Waals surface area contributed by atoms with Crippen LogP contribution in [0.2, 0.25) is 0 Å². The summed E-state index contributed by atoms with van der Waals surface area (Å²) in [4.78, 5) is 16.0. The van der Waals surface area contributed by atoms with Crippen molar-refractivity contribution in [2.75, 3.05) is 13.2 Å². The van der Waals surface area contributed by atoms with Gasteiger partial charge in [-0.3, -0.25) is 4.79 Å². The summed E-state index contributed by atoms with van der Waals surface area (Å²) < 4.78 is 10.6. The van der Waals surface area contributed by atoms with Gasteiger partial charge in [-0.05, 0) is 13.0 Å². The molecule has 1 unspecified atom stereocenters. The third-order valence-electron chi connectivity index (χ3n) is 2.98. The summed E-state index contributed by atoms with van der Waals surface area (Å²) in [5.41, 5.74) is 6.56. The number of hydrogen-bond acceptors (Lipinski definition) is 6. The van der Waals surface area contributed by atoms with Crippen LogP contribution in [0.1, 0.15) is 34.9 Å². The number of nitrogens with two attached hydrogens (primary N) is 1. The first-order valence-electron chi connectivity index (χ1n) is 6.96. The molecule has 7 heteroatoms. The Hall–Kier alpha value is -2.38. The Balaban J connectivity index is 1.99. The van der Waals surface area contributed by atoms with Gasteiger partial charge in [-0.1, -0.05) is 18.2 Å². The second-order valence-electron chi connectivity index (χ2n) is 4.58. The zero-order chi connectivity index (χ0) is 15.9. The van der Waals surface area contributed by atoms with Crippen molar-refractivity contribution in [3.8, 4) is 5.75 Å². The number of amides is 1. The minimum absolute atomic E-state index is 0.118. The molecule has 0 aliphatic heterocycles. The van der Waals surface area contributed by atoms with Gasteiger partial charge in [0.25, 0.3) is 5.91 Å². The first-order valence-corrected chi connectivity index (χ1v) is 6.96. The van der Waals surface area contributed by atoms with Gasteiger partial charge in [-0.25, -0.2) is 4.98 Å². The molecular weight excluding hydrogens is 286 g/mol. The standard InChI is InChI=1S/C15H19N3O4/c1-2-21-13-6-4-3-5-10(13)7-17-14(20)12-9-22-15(18-12)11(16)8-19/h3-6,9,11,19H,2,7-8,16H2,1H3,(H,17,20). The van der Waals surface area contributed by atoms with Crippen molar-refractivity contribution in [2.24, 2.45) is 5.73 Å². The highest BCUT2D eigenvalue weighted by molar-refractivity contribution is 5.91. The zero-order valence-electron chi connectivity index (χ0n) is 12.3. The van der Waals surface area contributed by atoms with Crippen LogP contribution in [0.5, 0.6) is 5.75 Å². The van der Waals surface area contributed by atoms with E-state index in [1.165, 1.54) is 6.26 Å². The topological polar surface area (TPSA) is 111 Å². The quantitative estimate of drug-likeness (QED) is 0.703. The molecular formula is C15H19N3O4. The number of hydrogen-bond donors (Lipinski definition) is 3. The van der Waals surface area contributed by atoms with Crippen LogP contribution in [0.25, 0.3) is 0 Å². The lowest BCUT2D eigenvalue weighted by Crippen LogP contribution is -2.24. The van der Waals surface area contributed by atoms with Crippen molar-refractivity contribution in [1.82, 2.24) is 10.3 Å². The molecule has 0 aliphatic rings. The van der Waals surface area contributed by atoms with Crippen LogP contribution in [0.4, 0.5) is 0 Å². The summed E-state index contributed by atoms with van der Waals surface area (Å²) in [5, 5.41) is 11.7. The van der Waals surface area contributed by atoms with E-state index < -0.39 is 6.04 Å². The van der Waals surface area contributed by atoms with Crippen LogP contribution >= 0.6 is 0 Å². The minimum Gasteiger partial charge on any atom is -0.494 e. The van der Waals surface area contributed by atoms with Gasteiger partial charge in [-0.2, -0.15) is 0 Å². The molecule has 1 aromatic heterocycles. The van der Waals surface area contributed by atoms with Gasteiger partial charge in [0.2, 0.25) is 5.89 Å². The molecule has 2 rings (SSSR count). The third kappa shape index (κ3) is 3.84. The average molecular weight is 305 g/mol. The normalized spacial score (nSPS) is 12.0. The van der Waals surface area contributed by atoms with Crippen molar-refractivity contribution in [2.45, 2.75) is 19.5 Å². The van der Waals surface area contributed by atoms with Crippen molar-refractivity contribution in [3.63, 3.8) is 0 Å². The first-order chi connectivity index (χ1) is 10.7. The fraction of sp³-hybridized carbons (Fsp3) is 0.333. The molecule has 4 N–H and O–H groups in total. The fourth-order valence-electron chi connectivity index (χ4n) is 1.85. The number of ether oxygens (including phenoxy) is 1. The lowest BCUT2D eigenvalue weighted by atomic mass is 10.2. The van der Waals surface area contributed by atoms with E-state index in [4.69, 9.17) is 20.0 Å². The minimum atomic E-state index is -0.736. The maximum absolute atomic E-state index is 12.0. The van der Waals surface area contributed by atoms with Gasteiger partial charge in [-0.15, -0.1) is 0 Å². The summed E-state index contributed by atoms with van der Waals surface area (Å²) in [6.45, 7) is 2.46. The zero-order valence-corrected chi connectivity index (χ0v) is 12.3. The Morgan fingerprint density at radius 2 is 2.27 bits per heavy atom. The number of para-hydroxylation sites is 1. The number of aliphatic hydroxyl groups is 1. The molecule has 118 valence electrons. The number of aromatic nitrogens is 1. The van der Waals surface area contributed by atoms with Gasteiger partial charge >= 0.3 is 0 Å². The highest BCUT2D eigenvalue weighted by Gasteiger charge is 2.16. The van der Waals surface area contributed by atoms with Gasteiger partial charge in [0, 0.05) is 12.1 Å². The molecule has 0 saturated heterocycles. The predicted molar refractivity (Wildman–Crippen MR) is 79.3 cm³/mol. The predicted octanol–water partition coefficient (Wildman–Crippen LogP) is 0.995. The van der Waals surface area contributed by atoms with Gasteiger partial charge in [0.15, 0.2) is 5.69 Å². The van der Waals surface area contributed by atoms with Gasteiger partial charge < -0.3 is 25.3 Å². The summed E-state index contributed by atoms with van der Waals surface area (Å²) in [7, 11) is 0. The van der Waals surface area contributed by atoms with Crippen LogP contribution in [0.15, 0.2) is 34.9 Å². The van der Waals surface area contributed by atoms with Crippen LogP contribution in [0.3, 0.4) is 0 Å². The molecule has 1 atom stereocenters. The lowest BCUT2D eigenvalue weighted by Gasteiger charge is -2.10. The number of rotatable bonds is 7. The maximum atomic E-state index is 12.0.